The number of carbonyl (C=O) groups is 2. The molecule has 0 bridgehead atoms. The fraction of sp³-hybridized carbons (Fsp3) is 0.714. The number of carboxylic acids is 1. The first kappa shape index (κ1) is 8.20. The van der Waals surface area contributed by atoms with Crippen LogP contribution in [0.3, 0.4) is 0 Å². The van der Waals surface area contributed by atoms with Gasteiger partial charge in [0.1, 0.15) is 5.78 Å². The van der Waals surface area contributed by atoms with Gasteiger partial charge in [0.2, 0.25) is 0 Å². The molecule has 1 rings (SSSR count). The molecule has 2 unspecified atom stereocenters. The Morgan fingerprint density at radius 3 is 2.73 bits per heavy atom. The first-order valence-corrected chi connectivity index (χ1v) is 3.62. The van der Waals surface area contributed by atoms with Crippen molar-refractivity contribution in [1.82, 2.24) is 0 Å². The summed E-state index contributed by atoms with van der Waals surface area (Å²) in [5.41, 5.74) is 5.39. The van der Waals surface area contributed by atoms with E-state index in [0.717, 1.165) is 0 Å². The maximum atomic E-state index is 10.8. The molecule has 1 fully saturated rings. The van der Waals surface area contributed by atoms with Gasteiger partial charge in [-0.1, -0.05) is 0 Å². The van der Waals surface area contributed by atoms with Crippen LogP contribution >= 0.6 is 0 Å². The van der Waals surface area contributed by atoms with Gasteiger partial charge in [0.15, 0.2) is 0 Å². The van der Waals surface area contributed by atoms with Crippen molar-refractivity contribution in [2.45, 2.75) is 25.3 Å². The van der Waals surface area contributed by atoms with Crippen LogP contribution in [0.25, 0.3) is 0 Å². The van der Waals surface area contributed by atoms with Crippen LogP contribution in [0.15, 0.2) is 0 Å². The Labute approximate surface area is 64.4 Å². The van der Waals surface area contributed by atoms with Crippen LogP contribution in [0, 0.1) is 5.92 Å². The number of hydrogen-bond donors (Lipinski definition) is 2. The van der Waals surface area contributed by atoms with Gasteiger partial charge in [0.05, 0.1) is 12.0 Å². The highest BCUT2D eigenvalue weighted by Gasteiger charge is 2.29. The van der Waals surface area contributed by atoms with Gasteiger partial charge in [-0.15, -0.1) is 0 Å². The van der Waals surface area contributed by atoms with Gasteiger partial charge in [-0.25, -0.2) is 0 Å². The van der Waals surface area contributed by atoms with Gasteiger partial charge in [0.25, 0.3) is 0 Å². The number of nitrogens with two attached hydrogens (primary N) is 1. The summed E-state index contributed by atoms with van der Waals surface area (Å²) < 4.78 is 0. The van der Waals surface area contributed by atoms with Gasteiger partial charge in [-0.05, 0) is 12.8 Å². The van der Waals surface area contributed by atoms with Crippen molar-refractivity contribution in [3.8, 4) is 0 Å². The molecule has 3 N–H and O–H groups in total. The molecule has 1 saturated carbocycles. The van der Waals surface area contributed by atoms with Crippen molar-refractivity contribution in [2.75, 3.05) is 0 Å². The van der Waals surface area contributed by atoms with Gasteiger partial charge in [0, 0.05) is 6.42 Å². The van der Waals surface area contributed by atoms with E-state index in [1.54, 1.807) is 0 Å². The van der Waals surface area contributed by atoms with E-state index in [-0.39, 0.29) is 5.78 Å². The van der Waals surface area contributed by atoms with Gasteiger partial charge < -0.3 is 10.8 Å². The number of hydrogen-bond acceptors (Lipinski definition) is 3. The molecule has 0 spiro atoms. The Morgan fingerprint density at radius 2 is 2.27 bits per heavy atom. The normalized spacial score (nSPS) is 31.9. The standard InChI is InChI=1S/C7H11NO3/c8-5-3-4(7(10)11)1-2-6(5)9/h4-5H,1-3,8H2,(H,10,11). The van der Waals surface area contributed by atoms with Crippen molar-refractivity contribution in [2.24, 2.45) is 11.7 Å². The fourth-order valence-corrected chi connectivity index (χ4v) is 1.28. The zero-order valence-electron chi connectivity index (χ0n) is 6.12. The van der Waals surface area contributed by atoms with Crippen LogP contribution in [0.4, 0.5) is 0 Å². The van der Waals surface area contributed by atoms with Crippen LogP contribution in [-0.2, 0) is 9.59 Å². The zero-order chi connectivity index (χ0) is 8.43. The zero-order valence-corrected chi connectivity index (χ0v) is 6.12. The molecule has 0 radical (unpaired) electrons. The van der Waals surface area contributed by atoms with Crippen molar-refractivity contribution in [1.29, 1.82) is 0 Å². The largest absolute Gasteiger partial charge is 0.481 e. The maximum Gasteiger partial charge on any atom is 0.306 e. The summed E-state index contributed by atoms with van der Waals surface area (Å²) in [6.45, 7) is 0. The molecule has 0 aromatic carbocycles. The summed E-state index contributed by atoms with van der Waals surface area (Å²) in [5.74, 6) is -1.27. The Morgan fingerprint density at radius 1 is 1.64 bits per heavy atom. The van der Waals surface area contributed by atoms with Gasteiger partial charge >= 0.3 is 5.97 Å². The van der Waals surface area contributed by atoms with E-state index in [0.29, 0.717) is 19.3 Å². The lowest BCUT2D eigenvalue weighted by Gasteiger charge is -2.21. The topological polar surface area (TPSA) is 80.4 Å². The van der Waals surface area contributed by atoms with E-state index in [4.69, 9.17) is 10.8 Å². The Bertz CT molecular complexity index is 190. The SMILES string of the molecule is NC1CC(C(=O)O)CCC1=O. The summed E-state index contributed by atoms with van der Waals surface area (Å²) >= 11 is 0. The first-order chi connectivity index (χ1) is 5.11. The minimum atomic E-state index is -0.840. The molecule has 1 aliphatic carbocycles. The quantitative estimate of drug-likeness (QED) is 0.550. The minimum absolute atomic E-state index is 0.0116. The second-order valence-corrected chi connectivity index (χ2v) is 2.88. The number of rotatable bonds is 1. The summed E-state index contributed by atoms with van der Waals surface area (Å²) in [5, 5.41) is 8.58. The van der Waals surface area contributed by atoms with Crippen molar-refractivity contribution in [3.05, 3.63) is 0 Å². The molecule has 0 amide bonds. The number of aliphatic carboxylic acids is 1. The Hall–Kier alpha value is -0.900. The van der Waals surface area contributed by atoms with Crippen molar-refractivity contribution >= 4 is 11.8 Å². The fourth-order valence-electron chi connectivity index (χ4n) is 1.28. The summed E-state index contributed by atoms with van der Waals surface area (Å²) in [4.78, 5) is 21.3. The molecule has 1 aliphatic rings. The predicted octanol–water partition coefficient (Wildman–Crippen LogP) is -0.233. The predicted molar refractivity (Wildman–Crippen MR) is 38.0 cm³/mol. The molecule has 0 aromatic rings. The lowest BCUT2D eigenvalue weighted by atomic mass is 9.85. The number of ketones is 1. The molecule has 0 heterocycles. The number of Topliss-reactive ketones (excluding diaryl/α,β-unsaturated/α-hetero) is 1. The Balaban J connectivity index is 2.52. The minimum Gasteiger partial charge on any atom is -0.481 e. The van der Waals surface area contributed by atoms with Crippen LogP contribution in [-0.4, -0.2) is 22.9 Å². The first-order valence-electron chi connectivity index (χ1n) is 3.62. The third kappa shape index (κ3) is 1.77. The highest BCUT2D eigenvalue weighted by atomic mass is 16.4. The summed E-state index contributed by atoms with van der Waals surface area (Å²) in [6, 6.07) is -0.551. The molecule has 2 atom stereocenters. The highest BCUT2D eigenvalue weighted by molar-refractivity contribution is 5.86. The number of carbonyl (C=O) groups excluding carboxylic acids is 1. The monoisotopic (exact) mass is 157 g/mol. The average molecular weight is 157 g/mol. The van der Waals surface area contributed by atoms with Crippen molar-refractivity contribution < 1.29 is 14.7 Å². The average Bonchev–Trinajstić information content (AvgIpc) is 1.94. The molecule has 0 aliphatic heterocycles. The van der Waals surface area contributed by atoms with E-state index in [9.17, 15) is 9.59 Å². The second kappa shape index (κ2) is 3.00. The molecule has 4 nitrogen and oxygen atoms in total. The van der Waals surface area contributed by atoms with Gasteiger partial charge in [-0.3, -0.25) is 9.59 Å². The lowest BCUT2D eigenvalue weighted by Crippen LogP contribution is -2.39. The third-order valence-corrected chi connectivity index (χ3v) is 2.04. The molecule has 4 heteroatoms. The molecule has 0 saturated heterocycles. The van der Waals surface area contributed by atoms with E-state index >= 15 is 0 Å². The number of carboxylic acid groups (broad SMARTS) is 1. The molecule has 11 heavy (non-hydrogen) atoms. The van der Waals surface area contributed by atoms with Crippen LogP contribution < -0.4 is 5.73 Å². The third-order valence-electron chi connectivity index (χ3n) is 2.04. The van der Waals surface area contributed by atoms with Crippen molar-refractivity contribution in [3.63, 3.8) is 0 Å². The lowest BCUT2D eigenvalue weighted by molar-refractivity contribution is -0.143. The molecule has 0 aromatic heterocycles. The maximum absolute atomic E-state index is 10.8. The van der Waals surface area contributed by atoms with Crippen LogP contribution in [0.1, 0.15) is 19.3 Å². The van der Waals surface area contributed by atoms with E-state index in [1.165, 1.54) is 0 Å². The summed E-state index contributed by atoms with van der Waals surface area (Å²) in [7, 11) is 0. The summed E-state index contributed by atoms with van der Waals surface area (Å²) in [6.07, 6.45) is 1.06. The van der Waals surface area contributed by atoms with E-state index in [2.05, 4.69) is 0 Å². The smallest absolute Gasteiger partial charge is 0.306 e. The molecular formula is C7H11NO3. The molecule has 62 valence electrons. The van der Waals surface area contributed by atoms with E-state index in [1.807, 2.05) is 0 Å². The Kier molecular flexibility index (Phi) is 2.24. The highest BCUT2D eigenvalue weighted by Crippen LogP contribution is 2.20. The molecular weight excluding hydrogens is 146 g/mol. The van der Waals surface area contributed by atoms with Crippen LogP contribution in [0.2, 0.25) is 0 Å². The van der Waals surface area contributed by atoms with E-state index < -0.39 is 17.9 Å². The van der Waals surface area contributed by atoms with Crippen LogP contribution in [0.5, 0.6) is 0 Å². The second-order valence-electron chi connectivity index (χ2n) is 2.88. The van der Waals surface area contributed by atoms with Gasteiger partial charge in [-0.2, -0.15) is 0 Å².